The Balaban J connectivity index is 1.82. The molecule has 4 rings (SSSR count). The number of fused-ring (bicyclic) bond motifs is 2. The van der Waals surface area contributed by atoms with Gasteiger partial charge in [-0.1, -0.05) is 85.7 Å². The van der Waals surface area contributed by atoms with Gasteiger partial charge in [-0.05, 0) is 40.5 Å². The summed E-state index contributed by atoms with van der Waals surface area (Å²) in [4.78, 5) is 0. The molecule has 0 bridgehead atoms. The van der Waals surface area contributed by atoms with Gasteiger partial charge in [-0.15, -0.1) is 0 Å². The van der Waals surface area contributed by atoms with Crippen molar-refractivity contribution >= 4 is 12.2 Å². The molecule has 0 saturated carbocycles. The first-order valence-electron chi connectivity index (χ1n) is 9.88. The second-order valence-electron chi connectivity index (χ2n) is 8.33. The molecule has 0 radical (unpaired) electrons. The van der Waals surface area contributed by atoms with Crippen molar-refractivity contribution in [2.24, 2.45) is 5.41 Å². The largest absolute Gasteiger partial charge is 0.396 e. The molecule has 0 saturated heterocycles. The fraction of sp³-hybridized carbons (Fsp3) is 0.360. The van der Waals surface area contributed by atoms with Gasteiger partial charge >= 0.3 is 0 Å². The summed E-state index contributed by atoms with van der Waals surface area (Å²) >= 11 is 0. The maximum Gasteiger partial charge on any atom is 0.0468 e. The van der Waals surface area contributed by atoms with Crippen LogP contribution in [0.4, 0.5) is 0 Å². The first kappa shape index (κ1) is 18.2. The molecule has 2 heteroatoms. The smallest absolute Gasteiger partial charge is 0.0468 e. The van der Waals surface area contributed by atoms with Crippen LogP contribution in [-0.2, 0) is 0 Å². The van der Waals surface area contributed by atoms with Crippen molar-refractivity contribution < 1.29 is 10.2 Å². The fourth-order valence-corrected chi connectivity index (χ4v) is 5.39. The summed E-state index contributed by atoms with van der Waals surface area (Å²) in [6.45, 7) is 5.05. The van der Waals surface area contributed by atoms with Gasteiger partial charge in [0.25, 0.3) is 0 Å². The van der Waals surface area contributed by atoms with Gasteiger partial charge in [-0.3, -0.25) is 0 Å². The first-order chi connectivity index (χ1) is 13.1. The SMILES string of the molecule is CC(C)(C1C(CCO)=Cc2ccccc21)C1C(CCO)=Cc2ccccc21. The minimum atomic E-state index is -0.0682. The molecule has 2 aliphatic carbocycles. The Morgan fingerprint density at radius 3 is 1.52 bits per heavy atom. The summed E-state index contributed by atoms with van der Waals surface area (Å²) in [6, 6.07) is 17.2. The number of aliphatic hydroxyl groups is 2. The molecule has 2 N–H and O–H groups in total. The highest BCUT2D eigenvalue weighted by Gasteiger charge is 2.46. The molecule has 0 aliphatic heterocycles. The summed E-state index contributed by atoms with van der Waals surface area (Å²) in [5.41, 5.74) is 7.84. The molecular formula is C25H28O2. The Kier molecular flexibility index (Phi) is 4.79. The lowest BCUT2D eigenvalue weighted by Gasteiger charge is -2.42. The van der Waals surface area contributed by atoms with Crippen LogP contribution in [0.1, 0.15) is 60.8 Å². The van der Waals surface area contributed by atoms with Crippen molar-refractivity contribution in [2.75, 3.05) is 13.2 Å². The molecule has 2 aromatic carbocycles. The molecule has 2 unspecified atom stereocenters. The summed E-state index contributed by atoms with van der Waals surface area (Å²) in [6.07, 6.45) is 5.95. The van der Waals surface area contributed by atoms with Gasteiger partial charge in [0.1, 0.15) is 0 Å². The molecule has 0 heterocycles. The van der Waals surface area contributed by atoms with Crippen LogP contribution < -0.4 is 0 Å². The van der Waals surface area contributed by atoms with Crippen molar-refractivity contribution in [3.63, 3.8) is 0 Å². The van der Waals surface area contributed by atoms with E-state index in [-0.39, 0.29) is 30.5 Å². The lowest BCUT2D eigenvalue weighted by atomic mass is 9.62. The summed E-state index contributed by atoms with van der Waals surface area (Å²) in [5, 5.41) is 19.3. The maximum absolute atomic E-state index is 9.66. The van der Waals surface area contributed by atoms with Gasteiger partial charge < -0.3 is 10.2 Å². The molecule has 140 valence electrons. The van der Waals surface area contributed by atoms with Crippen LogP contribution in [0.25, 0.3) is 12.2 Å². The Hall–Kier alpha value is -2.16. The van der Waals surface area contributed by atoms with Crippen molar-refractivity contribution in [3.8, 4) is 0 Å². The summed E-state index contributed by atoms with van der Waals surface area (Å²) in [7, 11) is 0. The minimum absolute atomic E-state index is 0.0682. The van der Waals surface area contributed by atoms with E-state index >= 15 is 0 Å². The van der Waals surface area contributed by atoms with Crippen LogP contribution >= 0.6 is 0 Å². The number of aliphatic hydroxyl groups excluding tert-OH is 2. The standard InChI is InChI=1S/C25H28O2/c1-25(2,23-19(11-13-26)15-17-7-3-5-9-21(17)23)24-20(12-14-27)16-18-8-4-6-10-22(18)24/h3-10,15-16,23-24,26-27H,11-14H2,1-2H3. The molecule has 27 heavy (non-hydrogen) atoms. The third-order valence-corrected chi connectivity index (χ3v) is 6.33. The lowest BCUT2D eigenvalue weighted by molar-refractivity contribution is 0.244. The van der Waals surface area contributed by atoms with Gasteiger partial charge in [0.05, 0.1) is 0 Å². The molecule has 2 aliphatic rings. The van der Waals surface area contributed by atoms with Gasteiger partial charge in [-0.25, -0.2) is 0 Å². The van der Waals surface area contributed by atoms with Crippen LogP contribution in [0.2, 0.25) is 0 Å². The van der Waals surface area contributed by atoms with Crippen LogP contribution in [-0.4, -0.2) is 23.4 Å². The Morgan fingerprint density at radius 2 is 1.11 bits per heavy atom. The van der Waals surface area contributed by atoms with E-state index in [1.54, 1.807) is 0 Å². The molecule has 0 spiro atoms. The van der Waals surface area contributed by atoms with Crippen molar-refractivity contribution in [3.05, 3.63) is 81.9 Å². The zero-order valence-electron chi connectivity index (χ0n) is 16.2. The highest BCUT2D eigenvalue weighted by atomic mass is 16.3. The predicted octanol–water partition coefficient (Wildman–Crippen LogP) is 5.14. The number of hydrogen-bond donors (Lipinski definition) is 2. The lowest BCUT2D eigenvalue weighted by Crippen LogP contribution is -2.31. The van der Waals surface area contributed by atoms with Crippen LogP contribution in [0.15, 0.2) is 59.7 Å². The predicted molar refractivity (Wildman–Crippen MR) is 112 cm³/mol. The van der Waals surface area contributed by atoms with E-state index < -0.39 is 0 Å². The van der Waals surface area contributed by atoms with E-state index in [0.29, 0.717) is 12.8 Å². The highest BCUT2D eigenvalue weighted by Crippen LogP contribution is 2.59. The highest BCUT2D eigenvalue weighted by molar-refractivity contribution is 5.70. The normalized spacial score (nSPS) is 20.9. The second kappa shape index (κ2) is 7.10. The molecule has 2 aromatic rings. The molecule has 2 nitrogen and oxygen atoms in total. The average Bonchev–Trinajstić information content (AvgIpc) is 3.20. The van der Waals surface area contributed by atoms with E-state index in [1.165, 1.54) is 33.4 Å². The van der Waals surface area contributed by atoms with Crippen molar-refractivity contribution in [1.82, 2.24) is 0 Å². The average molecular weight is 360 g/mol. The van der Waals surface area contributed by atoms with Crippen molar-refractivity contribution in [1.29, 1.82) is 0 Å². The molecule has 0 aromatic heterocycles. The number of rotatable bonds is 6. The Morgan fingerprint density at radius 1 is 0.704 bits per heavy atom. The van der Waals surface area contributed by atoms with Gasteiger partial charge in [-0.2, -0.15) is 0 Å². The quantitative estimate of drug-likeness (QED) is 0.749. The topological polar surface area (TPSA) is 40.5 Å². The number of benzene rings is 2. The van der Waals surface area contributed by atoms with Crippen LogP contribution in [0, 0.1) is 5.41 Å². The number of hydrogen-bond acceptors (Lipinski definition) is 2. The minimum Gasteiger partial charge on any atom is -0.396 e. The van der Waals surface area contributed by atoms with Gasteiger partial charge in [0.15, 0.2) is 0 Å². The third-order valence-electron chi connectivity index (χ3n) is 6.33. The van der Waals surface area contributed by atoms with Crippen molar-refractivity contribution in [2.45, 2.75) is 38.5 Å². The van der Waals surface area contributed by atoms with E-state index in [0.717, 1.165) is 0 Å². The zero-order valence-corrected chi connectivity index (χ0v) is 16.2. The molecule has 0 fully saturated rings. The Bertz CT molecular complexity index is 831. The summed E-state index contributed by atoms with van der Waals surface area (Å²) in [5.74, 6) is 0.526. The fourth-order valence-electron chi connectivity index (χ4n) is 5.39. The van der Waals surface area contributed by atoms with Crippen LogP contribution in [0.3, 0.4) is 0 Å². The van der Waals surface area contributed by atoms with E-state index in [1.807, 2.05) is 0 Å². The Labute approximate surface area is 161 Å². The second-order valence-corrected chi connectivity index (χ2v) is 8.33. The van der Waals surface area contributed by atoms with Crippen LogP contribution in [0.5, 0.6) is 0 Å². The van der Waals surface area contributed by atoms with E-state index in [4.69, 9.17) is 0 Å². The molecule has 0 amide bonds. The van der Waals surface area contributed by atoms with Gasteiger partial charge in [0, 0.05) is 25.0 Å². The van der Waals surface area contributed by atoms with Gasteiger partial charge in [0.2, 0.25) is 0 Å². The first-order valence-corrected chi connectivity index (χ1v) is 9.88. The van der Waals surface area contributed by atoms with E-state index in [9.17, 15) is 10.2 Å². The monoisotopic (exact) mass is 360 g/mol. The molecular weight excluding hydrogens is 332 g/mol. The maximum atomic E-state index is 9.66. The molecule has 2 atom stereocenters. The third kappa shape index (κ3) is 2.97. The van der Waals surface area contributed by atoms with E-state index in [2.05, 4.69) is 74.5 Å². The summed E-state index contributed by atoms with van der Waals surface area (Å²) < 4.78 is 0. The zero-order chi connectivity index (χ0) is 19.0.